The fraction of sp³-hybridized carbons (Fsp3) is 0.111. The average molecular weight is 280 g/mol. The third kappa shape index (κ3) is 5.07. The van der Waals surface area contributed by atoms with Gasteiger partial charge in [-0.1, -0.05) is 60.7 Å². The van der Waals surface area contributed by atoms with Gasteiger partial charge in [-0.15, -0.1) is 0 Å². The van der Waals surface area contributed by atoms with E-state index in [1.165, 1.54) is 6.08 Å². The van der Waals surface area contributed by atoms with E-state index < -0.39 is 5.97 Å². The van der Waals surface area contributed by atoms with Crippen molar-refractivity contribution >= 4 is 17.8 Å². The largest absolute Gasteiger partial charge is 0.462 e. The quantitative estimate of drug-likeness (QED) is 0.462. The van der Waals surface area contributed by atoms with Crippen molar-refractivity contribution < 1.29 is 14.3 Å². The fourth-order valence-electron chi connectivity index (χ4n) is 1.79. The molecule has 21 heavy (non-hydrogen) atoms. The number of Topliss-reactive ketones (excluding diaryl/α,β-unsaturated/α-hetero) is 1. The summed E-state index contributed by atoms with van der Waals surface area (Å²) < 4.78 is 5.01. The van der Waals surface area contributed by atoms with Crippen LogP contribution in [-0.4, -0.2) is 18.4 Å². The van der Waals surface area contributed by atoms with Crippen LogP contribution < -0.4 is 0 Å². The predicted molar refractivity (Wildman–Crippen MR) is 81.8 cm³/mol. The Hall–Kier alpha value is -2.68. The lowest BCUT2D eigenvalue weighted by molar-refractivity contribution is -0.137. The minimum Gasteiger partial charge on any atom is -0.462 e. The third-order valence-electron chi connectivity index (χ3n) is 2.88. The van der Waals surface area contributed by atoms with Crippen molar-refractivity contribution in [2.75, 3.05) is 6.61 Å². The van der Waals surface area contributed by atoms with Crippen LogP contribution in [0.1, 0.15) is 22.3 Å². The number of carbonyl (C=O) groups is 2. The molecule has 0 saturated heterocycles. The number of rotatable bonds is 6. The molecule has 0 fully saturated rings. The lowest BCUT2D eigenvalue weighted by Gasteiger charge is -2.02. The van der Waals surface area contributed by atoms with E-state index >= 15 is 0 Å². The van der Waals surface area contributed by atoms with Gasteiger partial charge in [0.25, 0.3) is 0 Å². The zero-order valence-corrected chi connectivity index (χ0v) is 11.6. The maximum atomic E-state index is 11.8. The summed E-state index contributed by atoms with van der Waals surface area (Å²) in [5, 5.41) is 0. The number of ketones is 1. The van der Waals surface area contributed by atoms with E-state index in [1.807, 2.05) is 48.5 Å². The van der Waals surface area contributed by atoms with Crippen LogP contribution in [0.25, 0.3) is 6.08 Å². The molecule has 0 spiro atoms. The molecule has 0 amide bonds. The van der Waals surface area contributed by atoms with Crippen molar-refractivity contribution in [1.29, 1.82) is 0 Å². The molecule has 0 atom stereocenters. The van der Waals surface area contributed by atoms with Gasteiger partial charge in [0.05, 0.1) is 6.61 Å². The van der Waals surface area contributed by atoms with E-state index in [-0.39, 0.29) is 18.8 Å². The summed E-state index contributed by atoms with van der Waals surface area (Å²) in [6, 6.07) is 18.4. The highest BCUT2D eigenvalue weighted by Crippen LogP contribution is 2.04. The SMILES string of the molecule is O=C(/C=C/c1ccccc1)OCCC(=O)c1ccccc1. The molecule has 0 bridgehead atoms. The van der Waals surface area contributed by atoms with E-state index in [2.05, 4.69) is 0 Å². The summed E-state index contributed by atoms with van der Waals surface area (Å²) in [6.45, 7) is 0.0890. The summed E-state index contributed by atoms with van der Waals surface area (Å²) in [6.07, 6.45) is 3.23. The Morgan fingerprint density at radius 2 is 1.52 bits per heavy atom. The first-order valence-electron chi connectivity index (χ1n) is 6.74. The summed E-state index contributed by atoms with van der Waals surface area (Å²) in [7, 11) is 0. The van der Waals surface area contributed by atoms with Crippen molar-refractivity contribution in [3.63, 3.8) is 0 Å². The van der Waals surface area contributed by atoms with Crippen molar-refractivity contribution in [1.82, 2.24) is 0 Å². The van der Waals surface area contributed by atoms with Gasteiger partial charge in [-0.2, -0.15) is 0 Å². The smallest absolute Gasteiger partial charge is 0.330 e. The minimum absolute atomic E-state index is 0.0320. The molecule has 0 aliphatic rings. The molecule has 0 radical (unpaired) electrons. The van der Waals surface area contributed by atoms with Crippen molar-refractivity contribution in [3.05, 3.63) is 77.9 Å². The van der Waals surface area contributed by atoms with Gasteiger partial charge in [0.1, 0.15) is 0 Å². The summed E-state index contributed by atoms with van der Waals surface area (Å²) in [5.74, 6) is -0.477. The Kier molecular flexibility index (Phi) is 5.47. The zero-order valence-electron chi connectivity index (χ0n) is 11.6. The first-order chi connectivity index (χ1) is 10.3. The molecule has 2 aromatic carbocycles. The van der Waals surface area contributed by atoms with Crippen molar-refractivity contribution in [2.24, 2.45) is 0 Å². The molecule has 0 N–H and O–H groups in total. The van der Waals surface area contributed by atoms with E-state index in [0.717, 1.165) is 5.56 Å². The van der Waals surface area contributed by atoms with Gasteiger partial charge >= 0.3 is 5.97 Å². The van der Waals surface area contributed by atoms with E-state index in [9.17, 15) is 9.59 Å². The molecule has 0 aliphatic carbocycles. The highest BCUT2D eigenvalue weighted by molar-refractivity contribution is 5.96. The van der Waals surface area contributed by atoms with Crippen LogP contribution >= 0.6 is 0 Å². The lowest BCUT2D eigenvalue weighted by atomic mass is 10.1. The second-order valence-corrected chi connectivity index (χ2v) is 4.45. The molecular weight excluding hydrogens is 264 g/mol. The van der Waals surface area contributed by atoms with Gasteiger partial charge in [-0.3, -0.25) is 4.79 Å². The molecule has 0 aliphatic heterocycles. The van der Waals surface area contributed by atoms with Crippen LogP contribution in [0, 0.1) is 0 Å². The highest BCUT2D eigenvalue weighted by Gasteiger charge is 2.06. The number of benzene rings is 2. The maximum absolute atomic E-state index is 11.8. The average Bonchev–Trinajstić information content (AvgIpc) is 2.54. The lowest BCUT2D eigenvalue weighted by Crippen LogP contribution is -2.08. The normalized spacial score (nSPS) is 10.5. The molecule has 0 heterocycles. The molecule has 3 heteroatoms. The van der Waals surface area contributed by atoms with E-state index in [1.54, 1.807) is 18.2 Å². The predicted octanol–water partition coefficient (Wildman–Crippen LogP) is 3.52. The van der Waals surface area contributed by atoms with Crippen LogP contribution in [0.2, 0.25) is 0 Å². The fourth-order valence-corrected chi connectivity index (χ4v) is 1.79. The topological polar surface area (TPSA) is 43.4 Å². The van der Waals surface area contributed by atoms with Gasteiger partial charge < -0.3 is 4.74 Å². The number of ether oxygens (including phenoxy) is 1. The first kappa shape index (κ1) is 14.7. The Bertz CT molecular complexity index is 615. The van der Waals surface area contributed by atoms with Gasteiger partial charge in [-0.25, -0.2) is 4.79 Å². The molecule has 0 aromatic heterocycles. The molecule has 2 rings (SSSR count). The van der Waals surface area contributed by atoms with Crippen molar-refractivity contribution in [2.45, 2.75) is 6.42 Å². The van der Waals surface area contributed by atoms with Gasteiger partial charge in [0, 0.05) is 18.1 Å². The van der Waals surface area contributed by atoms with E-state index in [4.69, 9.17) is 4.74 Å². The number of esters is 1. The minimum atomic E-state index is -0.445. The zero-order chi connectivity index (χ0) is 14.9. The second-order valence-electron chi connectivity index (χ2n) is 4.45. The van der Waals surface area contributed by atoms with Crippen LogP contribution in [0.3, 0.4) is 0 Å². The Morgan fingerprint density at radius 3 is 2.19 bits per heavy atom. The summed E-state index contributed by atoms with van der Waals surface area (Å²) in [4.78, 5) is 23.3. The molecular formula is C18H16O3. The van der Waals surface area contributed by atoms with Gasteiger partial charge in [-0.05, 0) is 11.6 Å². The molecule has 106 valence electrons. The van der Waals surface area contributed by atoms with Crippen LogP contribution in [0.5, 0.6) is 0 Å². The van der Waals surface area contributed by atoms with Crippen LogP contribution in [0.15, 0.2) is 66.7 Å². The highest BCUT2D eigenvalue weighted by atomic mass is 16.5. The molecule has 2 aromatic rings. The summed E-state index contributed by atoms with van der Waals surface area (Å²) >= 11 is 0. The van der Waals surface area contributed by atoms with Crippen LogP contribution in [0.4, 0.5) is 0 Å². The van der Waals surface area contributed by atoms with Crippen molar-refractivity contribution in [3.8, 4) is 0 Å². The monoisotopic (exact) mass is 280 g/mol. The number of carbonyl (C=O) groups excluding carboxylic acids is 2. The Labute approximate surface area is 123 Å². The van der Waals surface area contributed by atoms with Crippen LogP contribution in [-0.2, 0) is 9.53 Å². The Balaban J connectivity index is 1.75. The Morgan fingerprint density at radius 1 is 0.905 bits per heavy atom. The molecule has 3 nitrogen and oxygen atoms in total. The number of hydrogen-bond acceptors (Lipinski definition) is 3. The third-order valence-corrected chi connectivity index (χ3v) is 2.88. The van der Waals surface area contributed by atoms with Gasteiger partial charge in [0.2, 0.25) is 0 Å². The molecule has 0 unspecified atom stereocenters. The second kappa shape index (κ2) is 7.80. The molecule has 0 saturated carbocycles. The van der Waals surface area contributed by atoms with Gasteiger partial charge in [0.15, 0.2) is 5.78 Å². The summed E-state index contributed by atoms with van der Waals surface area (Å²) in [5.41, 5.74) is 1.56. The standard InChI is InChI=1S/C18H16O3/c19-17(16-9-5-2-6-10-16)13-14-21-18(20)12-11-15-7-3-1-4-8-15/h1-12H,13-14H2/b12-11+. The first-order valence-corrected chi connectivity index (χ1v) is 6.74. The van der Waals surface area contributed by atoms with E-state index in [0.29, 0.717) is 5.56 Å². The maximum Gasteiger partial charge on any atom is 0.330 e. The number of hydrogen-bond donors (Lipinski definition) is 0.